The van der Waals surface area contributed by atoms with E-state index in [9.17, 15) is 28.8 Å². The van der Waals surface area contributed by atoms with Gasteiger partial charge < -0.3 is 28.4 Å². The SMILES string of the molecule is CCC(C)C(=O)Oc1c(OC(=O)C(C)CC)c(OC(=O)C(C)CC)c(OC(=O)C(C)CC)c(OC(=O)C(C)CC)c1OC(=O)C(C)CC. The zero-order valence-corrected chi connectivity index (χ0v) is 30.6. The Morgan fingerprint density at radius 3 is 0.500 bits per heavy atom. The molecule has 0 aliphatic rings. The van der Waals surface area contributed by atoms with Crippen LogP contribution in [-0.4, -0.2) is 35.8 Å². The number of benzene rings is 1. The molecule has 0 radical (unpaired) electrons. The van der Waals surface area contributed by atoms with Crippen LogP contribution in [0.4, 0.5) is 0 Å². The average Bonchev–Trinajstić information content (AvgIpc) is 3.09. The average molecular weight is 679 g/mol. The van der Waals surface area contributed by atoms with Gasteiger partial charge in [-0.15, -0.1) is 0 Å². The van der Waals surface area contributed by atoms with Gasteiger partial charge in [-0.25, -0.2) is 0 Å². The van der Waals surface area contributed by atoms with Gasteiger partial charge in [0.25, 0.3) is 0 Å². The van der Waals surface area contributed by atoms with Crippen molar-refractivity contribution in [2.45, 2.75) is 122 Å². The molecule has 1 rings (SSSR count). The highest BCUT2D eigenvalue weighted by Gasteiger charge is 2.40. The zero-order valence-electron chi connectivity index (χ0n) is 30.6. The van der Waals surface area contributed by atoms with Crippen molar-refractivity contribution >= 4 is 35.8 Å². The molecule has 0 N–H and O–H groups in total. The summed E-state index contributed by atoms with van der Waals surface area (Å²) in [6, 6.07) is 0. The summed E-state index contributed by atoms with van der Waals surface area (Å²) in [6.45, 7) is 20.0. The quantitative estimate of drug-likeness (QED) is 0.112. The minimum Gasteiger partial charge on any atom is -0.418 e. The fourth-order valence-electron chi connectivity index (χ4n) is 3.38. The van der Waals surface area contributed by atoms with Crippen LogP contribution >= 0.6 is 0 Å². The van der Waals surface area contributed by atoms with Crippen molar-refractivity contribution in [1.82, 2.24) is 0 Å². The van der Waals surface area contributed by atoms with Crippen LogP contribution in [0.3, 0.4) is 0 Å². The van der Waals surface area contributed by atoms with Gasteiger partial charge >= 0.3 is 35.8 Å². The number of carbonyl (C=O) groups is 6. The first-order valence-corrected chi connectivity index (χ1v) is 17.1. The van der Waals surface area contributed by atoms with Gasteiger partial charge in [0.15, 0.2) is 0 Å². The van der Waals surface area contributed by atoms with E-state index in [1.165, 1.54) is 0 Å². The molecule has 0 fully saturated rings. The molecule has 0 aliphatic carbocycles. The molecular weight excluding hydrogens is 624 g/mol. The van der Waals surface area contributed by atoms with Gasteiger partial charge in [-0.2, -0.15) is 0 Å². The van der Waals surface area contributed by atoms with Crippen LogP contribution in [-0.2, 0) is 28.8 Å². The van der Waals surface area contributed by atoms with Gasteiger partial charge in [0, 0.05) is 0 Å². The fraction of sp³-hybridized carbons (Fsp3) is 0.667. The molecule has 0 spiro atoms. The zero-order chi connectivity index (χ0) is 36.9. The van der Waals surface area contributed by atoms with Crippen LogP contribution in [0.25, 0.3) is 0 Å². The molecule has 0 aromatic heterocycles. The van der Waals surface area contributed by atoms with Gasteiger partial charge in [-0.1, -0.05) is 83.1 Å². The first-order chi connectivity index (χ1) is 22.5. The van der Waals surface area contributed by atoms with E-state index in [4.69, 9.17) is 28.4 Å². The molecule has 48 heavy (non-hydrogen) atoms. The lowest BCUT2D eigenvalue weighted by Gasteiger charge is -2.25. The van der Waals surface area contributed by atoms with Gasteiger partial charge in [-0.05, 0) is 38.5 Å². The van der Waals surface area contributed by atoms with Crippen LogP contribution in [0.1, 0.15) is 122 Å². The van der Waals surface area contributed by atoms with Crippen LogP contribution in [0.2, 0.25) is 0 Å². The largest absolute Gasteiger partial charge is 0.418 e. The maximum atomic E-state index is 13.4. The Labute approximate surface area is 284 Å². The van der Waals surface area contributed by atoms with E-state index in [2.05, 4.69) is 0 Å². The van der Waals surface area contributed by atoms with Crippen LogP contribution in [0.15, 0.2) is 0 Å². The molecule has 6 atom stereocenters. The number of ether oxygens (including phenoxy) is 6. The first kappa shape index (κ1) is 42.1. The molecule has 0 bridgehead atoms. The third-order valence-electron chi connectivity index (χ3n) is 8.54. The van der Waals surface area contributed by atoms with Gasteiger partial charge in [-0.3, -0.25) is 28.8 Å². The molecule has 270 valence electrons. The Morgan fingerprint density at radius 1 is 0.312 bits per heavy atom. The Bertz CT molecular complexity index is 1040. The van der Waals surface area contributed by atoms with Crippen molar-refractivity contribution in [3.63, 3.8) is 0 Å². The molecule has 0 heterocycles. The van der Waals surface area contributed by atoms with Crippen molar-refractivity contribution in [2.24, 2.45) is 35.5 Å². The van der Waals surface area contributed by atoms with Crippen molar-refractivity contribution in [3.05, 3.63) is 0 Å². The summed E-state index contributed by atoms with van der Waals surface area (Å²) in [6.07, 6.45) is 2.08. The van der Waals surface area contributed by atoms with E-state index in [1.54, 1.807) is 83.1 Å². The summed E-state index contributed by atoms with van der Waals surface area (Å²) in [4.78, 5) is 80.2. The number of hydrogen-bond donors (Lipinski definition) is 0. The van der Waals surface area contributed by atoms with Crippen molar-refractivity contribution in [1.29, 1.82) is 0 Å². The highest BCUT2D eigenvalue weighted by Crippen LogP contribution is 2.59. The molecule has 0 amide bonds. The second-order valence-corrected chi connectivity index (χ2v) is 12.4. The van der Waals surface area contributed by atoms with E-state index in [0.717, 1.165) is 0 Å². The summed E-state index contributed by atoms with van der Waals surface area (Å²) >= 11 is 0. The Morgan fingerprint density at radius 2 is 0.417 bits per heavy atom. The van der Waals surface area contributed by atoms with Crippen molar-refractivity contribution in [3.8, 4) is 34.5 Å². The number of esters is 6. The normalized spacial score (nSPS) is 14.8. The molecule has 1 aromatic carbocycles. The summed E-state index contributed by atoms with van der Waals surface area (Å²) < 4.78 is 34.7. The predicted molar refractivity (Wildman–Crippen MR) is 177 cm³/mol. The highest BCUT2D eigenvalue weighted by atomic mass is 16.6. The van der Waals surface area contributed by atoms with E-state index in [0.29, 0.717) is 38.5 Å². The molecule has 0 saturated carbocycles. The van der Waals surface area contributed by atoms with Crippen LogP contribution in [0.5, 0.6) is 34.5 Å². The second kappa shape index (κ2) is 19.8. The predicted octanol–water partition coefficient (Wildman–Crippen LogP) is 7.40. The van der Waals surface area contributed by atoms with E-state index < -0.39 is 106 Å². The summed E-state index contributed by atoms with van der Waals surface area (Å²) in [5, 5.41) is 0. The molecule has 0 aliphatic heterocycles. The lowest BCUT2D eigenvalue weighted by atomic mass is 10.1. The third-order valence-corrected chi connectivity index (χ3v) is 8.54. The Balaban J connectivity index is 4.63. The topological polar surface area (TPSA) is 158 Å². The van der Waals surface area contributed by atoms with Gasteiger partial charge in [0.1, 0.15) is 0 Å². The summed E-state index contributed by atoms with van der Waals surface area (Å²) in [5.41, 5.74) is 0. The lowest BCUT2D eigenvalue weighted by Crippen LogP contribution is -2.26. The summed E-state index contributed by atoms with van der Waals surface area (Å²) in [7, 11) is 0. The minimum absolute atomic E-state index is 0.346. The fourth-order valence-corrected chi connectivity index (χ4v) is 3.38. The maximum absolute atomic E-state index is 13.4. The molecule has 12 heteroatoms. The molecule has 12 nitrogen and oxygen atoms in total. The number of hydrogen-bond acceptors (Lipinski definition) is 12. The summed E-state index contributed by atoms with van der Waals surface area (Å²) in [5.74, 6) is -13.0. The third kappa shape index (κ3) is 11.1. The maximum Gasteiger partial charge on any atom is 0.314 e. The molecular formula is C36H54O12. The number of carbonyl (C=O) groups excluding carboxylic acids is 6. The van der Waals surface area contributed by atoms with E-state index in [-0.39, 0.29) is 0 Å². The van der Waals surface area contributed by atoms with Gasteiger partial charge in [0.05, 0.1) is 35.5 Å². The molecule has 0 saturated heterocycles. The first-order valence-electron chi connectivity index (χ1n) is 17.1. The molecule has 1 aromatic rings. The Kier molecular flexibility index (Phi) is 17.3. The number of rotatable bonds is 18. The van der Waals surface area contributed by atoms with Crippen LogP contribution in [0, 0.1) is 35.5 Å². The second-order valence-electron chi connectivity index (χ2n) is 12.4. The monoisotopic (exact) mass is 678 g/mol. The van der Waals surface area contributed by atoms with Crippen molar-refractivity contribution in [2.75, 3.05) is 0 Å². The smallest absolute Gasteiger partial charge is 0.314 e. The van der Waals surface area contributed by atoms with E-state index >= 15 is 0 Å². The van der Waals surface area contributed by atoms with Crippen LogP contribution < -0.4 is 28.4 Å². The Hall–Kier alpha value is -3.96. The highest BCUT2D eigenvalue weighted by molar-refractivity contribution is 5.91. The van der Waals surface area contributed by atoms with E-state index in [1.807, 2.05) is 0 Å². The molecule has 6 unspecified atom stereocenters. The standard InChI is InChI=1S/C36H54O12/c1-13-19(7)31(37)43-25-26(44-32(38)20(8)14-2)28(46-34(40)22(10)16-4)30(48-36(42)24(12)18-6)29(47-35(41)23(11)17-5)27(25)45-33(39)21(9)15-3/h19-24H,13-18H2,1-12H3. The minimum atomic E-state index is -0.818. The van der Waals surface area contributed by atoms with Crippen molar-refractivity contribution < 1.29 is 57.2 Å². The van der Waals surface area contributed by atoms with Gasteiger partial charge in [0.2, 0.25) is 34.5 Å². The lowest BCUT2D eigenvalue weighted by molar-refractivity contribution is -0.144.